The second-order valence-electron chi connectivity index (χ2n) is 15.7. The second kappa shape index (κ2) is 11.2. The Bertz CT molecular complexity index is 1710. The van der Waals surface area contributed by atoms with Gasteiger partial charge in [0.25, 0.3) is 0 Å². The van der Waals surface area contributed by atoms with Crippen molar-refractivity contribution in [2.45, 2.75) is 99.8 Å². The molecule has 0 unspecified atom stereocenters. The summed E-state index contributed by atoms with van der Waals surface area (Å²) in [6, 6.07) is 11.3. The number of ether oxygens (including phenoxy) is 1. The Balaban J connectivity index is 1.50. The largest absolute Gasteiger partial charge is 0.496 e. The van der Waals surface area contributed by atoms with Crippen LogP contribution in [0, 0.1) is 29.1 Å². The van der Waals surface area contributed by atoms with Gasteiger partial charge in [-0.1, -0.05) is 107 Å². The summed E-state index contributed by atoms with van der Waals surface area (Å²) in [6.07, 6.45) is 14.7. The van der Waals surface area contributed by atoms with Crippen LogP contribution in [0.4, 0.5) is 0 Å². The van der Waals surface area contributed by atoms with Crippen LogP contribution in [-0.2, 0) is 6.42 Å². The van der Waals surface area contributed by atoms with Crippen LogP contribution in [0.25, 0.3) is 22.8 Å². The molecule has 0 saturated heterocycles. The molecule has 6 rings (SSSR count). The molecule has 4 aliphatic carbocycles. The number of aryl methyl sites for hydroxylation is 1. The van der Waals surface area contributed by atoms with E-state index >= 15 is 0 Å². The average molecular weight is 599 g/mol. The molecule has 1 nitrogen and oxygen atoms in total. The minimum absolute atomic E-state index is 0.0298. The van der Waals surface area contributed by atoms with Gasteiger partial charge in [0.2, 0.25) is 0 Å². The second-order valence-corrected chi connectivity index (χ2v) is 15.7. The van der Waals surface area contributed by atoms with Crippen LogP contribution in [0.15, 0.2) is 89.6 Å². The van der Waals surface area contributed by atoms with Crippen LogP contribution in [0.3, 0.4) is 0 Å². The zero-order chi connectivity index (χ0) is 32.5. The number of fused-ring (bicyclic) bond motifs is 3. The minimum Gasteiger partial charge on any atom is -0.496 e. The van der Waals surface area contributed by atoms with Crippen molar-refractivity contribution in [1.29, 1.82) is 0 Å². The number of allylic oxidation sites excluding steroid dienone is 8. The fraction of sp³-hybridized carbons (Fsp3) is 0.455. The zero-order valence-corrected chi connectivity index (χ0v) is 29.3. The van der Waals surface area contributed by atoms with Crippen molar-refractivity contribution in [2.75, 3.05) is 7.11 Å². The van der Waals surface area contributed by atoms with Crippen molar-refractivity contribution in [3.63, 3.8) is 0 Å². The van der Waals surface area contributed by atoms with Crippen molar-refractivity contribution in [3.8, 4) is 16.9 Å². The first-order chi connectivity index (χ1) is 21.3. The Morgan fingerprint density at radius 1 is 0.933 bits per heavy atom. The summed E-state index contributed by atoms with van der Waals surface area (Å²) in [7, 11) is 1.80. The molecule has 2 aromatic carbocycles. The maximum atomic E-state index is 6.02. The van der Waals surface area contributed by atoms with E-state index in [4.69, 9.17) is 17.9 Å². The van der Waals surface area contributed by atoms with Crippen LogP contribution in [0.2, 0.25) is 0 Å². The highest BCUT2D eigenvalue weighted by atomic mass is 16.5. The number of hydrogen-bond acceptors (Lipinski definition) is 1. The van der Waals surface area contributed by atoms with Gasteiger partial charge in [-0.05, 0) is 139 Å². The van der Waals surface area contributed by atoms with Crippen LogP contribution in [0.5, 0.6) is 5.75 Å². The molecule has 2 aromatic rings. The van der Waals surface area contributed by atoms with Crippen molar-refractivity contribution < 1.29 is 4.74 Å². The van der Waals surface area contributed by atoms with Crippen molar-refractivity contribution in [3.05, 3.63) is 112 Å². The highest BCUT2D eigenvalue weighted by Crippen LogP contribution is 2.70. The van der Waals surface area contributed by atoms with Gasteiger partial charge < -0.3 is 4.74 Å². The average Bonchev–Trinajstić information content (AvgIpc) is 2.98. The number of rotatable bonds is 5. The third kappa shape index (κ3) is 4.79. The molecule has 4 aliphatic rings. The van der Waals surface area contributed by atoms with E-state index in [2.05, 4.69) is 97.5 Å². The molecule has 0 amide bonds. The van der Waals surface area contributed by atoms with Gasteiger partial charge in [-0.25, -0.2) is 0 Å². The fourth-order valence-corrected chi connectivity index (χ4v) is 10.4. The molecule has 0 spiro atoms. The van der Waals surface area contributed by atoms with Crippen molar-refractivity contribution >= 4 is 11.6 Å². The smallest absolute Gasteiger partial charge is 0.126 e. The lowest BCUT2D eigenvalue weighted by Gasteiger charge is -2.62. The van der Waals surface area contributed by atoms with Crippen LogP contribution in [-0.4, -0.2) is 7.11 Å². The first-order valence-electron chi connectivity index (χ1n) is 17.2. The van der Waals surface area contributed by atoms with E-state index in [0.29, 0.717) is 5.92 Å². The SMILES string of the molecule is C=C(C)C1=C(C)C[C@@]2(C)C[C@@]3(C)Cc4c(-c5cc(/C=C/C6CCCCC6)ccc5OC)ccc(C)c4C(=C)C3=C(C)[C@@]2(C)C1=C. The van der Waals surface area contributed by atoms with Crippen LogP contribution >= 0.6 is 0 Å². The lowest BCUT2D eigenvalue weighted by molar-refractivity contribution is 0.0544. The summed E-state index contributed by atoms with van der Waals surface area (Å²) in [6.45, 7) is 30.6. The van der Waals surface area contributed by atoms with Gasteiger partial charge in [-0.2, -0.15) is 0 Å². The summed E-state index contributed by atoms with van der Waals surface area (Å²) in [5.41, 5.74) is 16.8. The zero-order valence-electron chi connectivity index (χ0n) is 29.3. The van der Waals surface area contributed by atoms with Crippen molar-refractivity contribution in [2.24, 2.45) is 22.2 Å². The predicted molar refractivity (Wildman–Crippen MR) is 194 cm³/mol. The summed E-state index contributed by atoms with van der Waals surface area (Å²) < 4.78 is 6.02. The molecule has 3 atom stereocenters. The van der Waals surface area contributed by atoms with Gasteiger partial charge in [0.1, 0.15) is 5.75 Å². The molecule has 0 radical (unpaired) electrons. The fourth-order valence-electron chi connectivity index (χ4n) is 10.4. The lowest BCUT2D eigenvalue weighted by Crippen LogP contribution is -2.52. The van der Waals surface area contributed by atoms with Gasteiger partial charge in [-0.15, -0.1) is 0 Å². The van der Waals surface area contributed by atoms with Gasteiger partial charge in [0, 0.05) is 11.0 Å². The summed E-state index contributed by atoms with van der Waals surface area (Å²) in [5, 5.41) is 0. The molecule has 0 bridgehead atoms. The molecule has 45 heavy (non-hydrogen) atoms. The minimum atomic E-state index is -0.149. The van der Waals surface area contributed by atoms with E-state index in [9.17, 15) is 0 Å². The molecule has 0 heterocycles. The van der Waals surface area contributed by atoms with E-state index in [0.717, 1.165) is 30.6 Å². The lowest BCUT2D eigenvalue weighted by atomic mass is 9.41. The highest BCUT2D eigenvalue weighted by molar-refractivity contribution is 5.91. The normalized spacial score (nSPS) is 28.7. The Hall–Kier alpha value is -3.32. The molecule has 1 heteroatoms. The summed E-state index contributed by atoms with van der Waals surface area (Å²) in [4.78, 5) is 0. The predicted octanol–water partition coefficient (Wildman–Crippen LogP) is 12.4. The van der Waals surface area contributed by atoms with Crippen molar-refractivity contribution in [1.82, 2.24) is 0 Å². The standard InChI is InChI=1S/C44H54O/c1-27(2)39-29(4)24-43(9)26-42(8)25-37-35(21-17-28(3)40(37)30(5)41(42)32(7)44(43,10)31(39)6)36-23-34(20-22-38(36)45-11)19-18-33-15-13-12-14-16-33/h17-23,33H,1,5-6,12-16,24-26H2,2-4,7-11H3/b19-18+/t42-,43+,44-/m1/s1. The first kappa shape index (κ1) is 31.7. The summed E-state index contributed by atoms with van der Waals surface area (Å²) >= 11 is 0. The van der Waals surface area contributed by atoms with Gasteiger partial charge >= 0.3 is 0 Å². The topological polar surface area (TPSA) is 9.23 Å². The Kier molecular flexibility index (Phi) is 7.87. The van der Waals surface area contributed by atoms with Gasteiger partial charge in [0.05, 0.1) is 7.11 Å². The Labute approximate surface area is 273 Å². The molecule has 236 valence electrons. The van der Waals surface area contributed by atoms with Crippen LogP contribution < -0.4 is 4.74 Å². The molecule has 0 aromatic heterocycles. The Morgan fingerprint density at radius 2 is 1.64 bits per heavy atom. The number of benzene rings is 2. The third-order valence-electron chi connectivity index (χ3n) is 12.5. The number of methoxy groups -OCH3 is 1. The summed E-state index contributed by atoms with van der Waals surface area (Å²) in [5.74, 6) is 1.64. The number of hydrogen-bond donors (Lipinski definition) is 0. The maximum Gasteiger partial charge on any atom is 0.126 e. The third-order valence-corrected chi connectivity index (χ3v) is 12.5. The van der Waals surface area contributed by atoms with E-state index in [1.54, 1.807) is 7.11 Å². The molecule has 1 fully saturated rings. The van der Waals surface area contributed by atoms with Gasteiger partial charge in [0.15, 0.2) is 0 Å². The molecule has 0 N–H and O–H groups in total. The first-order valence-corrected chi connectivity index (χ1v) is 17.2. The molecular weight excluding hydrogens is 544 g/mol. The Morgan fingerprint density at radius 3 is 2.31 bits per heavy atom. The molecule has 0 aliphatic heterocycles. The van der Waals surface area contributed by atoms with E-state index in [-0.39, 0.29) is 16.2 Å². The quantitative estimate of drug-likeness (QED) is 0.333. The molecule has 1 saturated carbocycles. The van der Waals surface area contributed by atoms with E-state index < -0.39 is 0 Å². The maximum absolute atomic E-state index is 6.02. The monoisotopic (exact) mass is 598 g/mol. The van der Waals surface area contributed by atoms with Gasteiger partial charge in [-0.3, -0.25) is 0 Å². The molecular formula is C44H54O. The highest BCUT2D eigenvalue weighted by Gasteiger charge is 2.59. The van der Waals surface area contributed by atoms with Crippen LogP contribution in [0.1, 0.15) is 109 Å². The van der Waals surface area contributed by atoms with E-state index in [1.807, 2.05) is 0 Å². The van der Waals surface area contributed by atoms with E-state index in [1.165, 1.54) is 98.9 Å².